The van der Waals surface area contributed by atoms with Gasteiger partial charge in [-0.2, -0.15) is 0 Å². The molecule has 0 saturated carbocycles. The van der Waals surface area contributed by atoms with E-state index in [4.69, 9.17) is 0 Å². The van der Waals surface area contributed by atoms with Crippen LogP contribution < -0.4 is 3.69 Å². The average Bonchev–Trinajstić information content (AvgIpc) is 1.95. The van der Waals surface area contributed by atoms with Crippen molar-refractivity contribution in [2.24, 2.45) is 0 Å². The van der Waals surface area contributed by atoms with Crippen molar-refractivity contribution in [2.45, 2.75) is 0 Å². The summed E-state index contributed by atoms with van der Waals surface area (Å²) in [5.41, 5.74) is 0. The van der Waals surface area contributed by atoms with Gasteiger partial charge in [0.05, 0.1) is 0 Å². The van der Waals surface area contributed by atoms with Crippen molar-refractivity contribution in [3.05, 3.63) is 29.8 Å². The van der Waals surface area contributed by atoms with Gasteiger partial charge in [0, 0.05) is 0 Å². The largest absolute Gasteiger partial charge is 0.655 e. The summed E-state index contributed by atoms with van der Waals surface area (Å²) in [5, 5.41) is 0. The molecule has 0 aliphatic carbocycles. The fourth-order valence-corrected chi connectivity index (χ4v) is 1.16. The maximum absolute atomic E-state index is 12.4. The predicted octanol–water partition coefficient (Wildman–Crippen LogP) is 1.76. The second-order valence-electron chi connectivity index (χ2n) is 1.85. The molecule has 0 radical (unpaired) electrons. The van der Waals surface area contributed by atoms with Crippen molar-refractivity contribution in [1.29, 1.82) is 0 Å². The molecule has 1 aromatic carbocycles. The lowest BCUT2D eigenvalue weighted by Gasteiger charge is -1.95. The normalized spacial score (nSPS) is 8.27. The Hall–Kier alpha value is 0.256. The molecule has 5 heteroatoms. The third-order valence-corrected chi connectivity index (χ3v) is 2.01. The van der Waals surface area contributed by atoms with Crippen LogP contribution in [0.15, 0.2) is 18.2 Å². The molecular weight excluding hydrogens is 233 g/mol. The second-order valence-corrected chi connectivity index (χ2v) is 2.88. The highest BCUT2D eigenvalue weighted by Gasteiger charge is 2.09. The van der Waals surface area contributed by atoms with E-state index < -0.39 is 32.6 Å². The van der Waals surface area contributed by atoms with Crippen LogP contribution in [-0.2, 0) is 0 Å². The van der Waals surface area contributed by atoms with Crippen molar-refractivity contribution < 1.29 is 11.7 Å². The van der Waals surface area contributed by atoms with Crippen LogP contribution in [-0.4, -0.2) is 20.9 Å². The SMILES string of the molecule is Br.[F][Mg][c]1cccc(F)c1F. The maximum Gasteiger partial charge on any atom is 0.655 e. The monoisotopic (exact) mass is 236 g/mol. The Morgan fingerprint density at radius 1 is 1.18 bits per heavy atom. The van der Waals surface area contributed by atoms with Gasteiger partial charge in [-0.05, 0) is 6.07 Å². The van der Waals surface area contributed by atoms with E-state index in [-0.39, 0.29) is 20.7 Å². The molecule has 1 rings (SSSR count). The van der Waals surface area contributed by atoms with Gasteiger partial charge in [-0.1, -0.05) is 15.8 Å². The minimum atomic E-state index is -2.07. The van der Waals surface area contributed by atoms with E-state index in [2.05, 4.69) is 0 Å². The van der Waals surface area contributed by atoms with Crippen LogP contribution in [0.1, 0.15) is 0 Å². The third-order valence-electron chi connectivity index (χ3n) is 1.18. The first-order valence-corrected chi connectivity index (χ1v) is 3.98. The highest BCUT2D eigenvalue weighted by molar-refractivity contribution is 8.93. The zero-order valence-electron chi connectivity index (χ0n) is 5.48. The van der Waals surface area contributed by atoms with Gasteiger partial charge in [0.25, 0.3) is 0 Å². The maximum atomic E-state index is 12.4. The summed E-state index contributed by atoms with van der Waals surface area (Å²) in [6, 6.07) is 3.55. The summed E-state index contributed by atoms with van der Waals surface area (Å²) in [4.78, 5) is 0. The molecule has 0 nitrogen and oxygen atoms in total. The first-order valence-electron chi connectivity index (χ1n) is 2.74. The van der Waals surface area contributed by atoms with E-state index in [0.29, 0.717) is 0 Å². The number of rotatable bonds is 1. The van der Waals surface area contributed by atoms with E-state index in [0.717, 1.165) is 6.07 Å². The van der Waals surface area contributed by atoms with E-state index in [9.17, 15) is 11.7 Å². The quantitative estimate of drug-likeness (QED) is 0.653. The highest BCUT2D eigenvalue weighted by Crippen LogP contribution is 2.00. The van der Waals surface area contributed by atoms with Crippen molar-refractivity contribution in [2.75, 3.05) is 0 Å². The molecule has 0 fully saturated rings. The minimum absolute atomic E-state index is 0. The van der Waals surface area contributed by atoms with E-state index in [1.165, 1.54) is 12.1 Å². The Morgan fingerprint density at radius 3 is 2.27 bits per heavy atom. The molecule has 0 aliphatic heterocycles. The Kier molecular flexibility index (Phi) is 5.12. The summed E-state index contributed by atoms with van der Waals surface area (Å²) in [6.45, 7) is 0. The Labute approximate surface area is 83.0 Å². The van der Waals surface area contributed by atoms with Crippen molar-refractivity contribution >= 4 is 41.6 Å². The number of benzene rings is 1. The van der Waals surface area contributed by atoms with Gasteiger partial charge < -0.3 is 2.96 Å². The zero-order valence-corrected chi connectivity index (χ0v) is 8.61. The Balaban J connectivity index is 0.000001000. The molecule has 0 saturated heterocycles. The van der Waals surface area contributed by atoms with Gasteiger partial charge in [-0.25, -0.2) is 8.78 Å². The number of hydrogen-bond donors (Lipinski definition) is 0. The fourth-order valence-electron chi connectivity index (χ4n) is 0.652. The van der Waals surface area contributed by atoms with E-state index >= 15 is 0 Å². The van der Waals surface area contributed by atoms with E-state index in [1.54, 1.807) is 0 Å². The van der Waals surface area contributed by atoms with Gasteiger partial charge in [-0.3, -0.25) is 0 Å². The molecule has 0 N–H and O–H groups in total. The van der Waals surface area contributed by atoms with Crippen molar-refractivity contribution in [3.8, 4) is 0 Å². The summed E-state index contributed by atoms with van der Waals surface area (Å²) in [7, 11) is 0. The van der Waals surface area contributed by atoms with Crippen LogP contribution >= 0.6 is 17.0 Å². The molecule has 0 unspecified atom stereocenters. The summed E-state index contributed by atoms with van der Waals surface area (Å²) < 4.78 is 36.5. The molecule has 0 bridgehead atoms. The molecule has 0 amide bonds. The third kappa shape index (κ3) is 2.65. The second kappa shape index (κ2) is 5.00. The van der Waals surface area contributed by atoms with Crippen molar-refractivity contribution in [1.82, 2.24) is 0 Å². The van der Waals surface area contributed by atoms with Crippen LogP contribution in [0.3, 0.4) is 0 Å². The van der Waals surface area contributed by atoms with E-state index in [1.807, 2.05) is 0 Å². The molecular formula is C6H4BrF3Mg. The van der Waals surface area contributed by atoms with Gasteiger partial charge in [-0.15, -0.1) is 17.0 Å². The molecule has 1 aromatic rings. The topological polar surface area (TPSA) is 0 Å². The standard InChI is InChI=1S/C6H3F2.BrH.FH.Mg/c7-5-3-1-2-4-6(5)8;;;/h1-3H;2*1H;/q;;;+1/p-1. The number of halogens is 4. The molecule has 0 atom stereocenters. The van der Waals surface area contributed by atoms with Crippen LogP contribution in [0.25, 0.3) is 0 Å². The highest BCUT2D eigenvalue weighted by atomic mass is 79.9. The summed E-state index contributed by atoms with van der Waals surface area (Å²) in [6.07, 6.45) is 0. The summed E-state index contributed by atoms with van der Waals surface area (Å²) >= 11 is -2.07. The molecule has 0 heterocycles. The number of hydrogen-bond acceptors (Lipinski definition) is 0. The lowest BCUT2D eigenvalue weighted by atomic mass is 10.3. The lowest BCUT2D eigenvalue weighted by molar-refractivity contribution is 0.513. The van der Waals surface area contributed by atoms with Crippen LogP contribution in [0, 0.1) is 11.6 Å². The first-order chi connectivity index (χ1) is 4.75. The smallest absolute Gasteiger partial charge is 0.475 e. The van der Waals surface area contributed by atoms with Gasteiger partial charge in [0.1, 0.15) is 5.82 Å². The molecule has 0 aromatic heterocycles. The Bertz CT molecular complexity index is 241. The molecule has 11 heavy (non-hydrogen) atoms. The first kappa shape index (κ1) is 11.3. The summed E-state index contributed by atoms with van der Waals surface area (Å²) in [5.74, 6) is -2.00. The predicted molar refractivity (Wildman–Crippen MR) is 43.2 cm³/mol. The molecule has 58 valence electrons. The molecule has 0 aliphatic rings. The lowest BCUT2D eigenvalue weighted by Crippen LogP contribution is -2.15. The van der Waals surface area contributed by atoms with Gasteiger partial charge >= 0.3 is 20.9 Å². The van der Waals surface area contributed by atoms with Crippen LogP contribution in [0.5, 0.6) is 0 Å². The van der Waals surface area contributed by atoms with Crippen molar-refractivity contribution in [3.63, 3.8) is 0 Å². The molecule has 0 spiro atoms. The fraction of sp³-hybridized carbons (Fsp3) is 0. The minimum Gasteiger partial charge on any atom is -0.475 e. The van der Waals surface area contributed by atoms with Gasteiger partial charge in [0.2, 0.25) is 0 Å². The van der Waals surface area contributed by atoms with Crippen LogP contribution in [0.2, 0.25) is 0 Å². The van der Waals surface area contributed by atoms with Crippen LogP contribution in [0.4, 0.5) is 11.7 Å². The average molecular weight is 237 g/mol. The van der Waals surface area contributed by atoms with Gasteiger partial charge in [0.15, 0.2) is 5.82 Å². The zero-order chi connectivity index (χ0) is 7.56. The Morgan fingerprint density at radius 2 is 1.82 bits per heavy atom.